The lowest BCUT2D eigenvalue weighted by Crippen LogP contribution is -2.35. The minimum atomic E-state index is -0.790. The van der Waals surface area contributed by atoms with E-state index in [-0.39, 0.29) is 5.82 Å². The molecule has 2 heterocycles. The molecule has 1 aliphatic rings. The normalized spacial score (nSPS) is 19.6. The number of likely N-dealkylation sites (tertiary alicyclic amines) is 1. The van der Waals surface area contributed by atoms with E-state index in [1.54, 1.807) is 24.4 Å². The zero-order valence-electron chi connectivity index (χ0n) is 10.9. The first-order valence-corrected chi connectivity index (χ1v) is 6.66. The van der Waals surface area contributed by atoms with Gasteiger partial charge in [0.25, 0.3) is 0 Å². The van der Waals surface area contributed by atoms with Gasteiger partial charge in [-0.25, -0.2) is 4.39 Å². The van der Waals surface area contributed by atoms with Crippen molar-refractivity contribution in [1.29, 1.82) is 0 Å². The van der Waals surface area contributed by atoms with E-state index < -0.39 is 12.0 Å². The van der Waals surface area contributed by atoms with Crippen molar-refractivity contribution >= 4 is 16.9 Å². The van der Waals surface area contributed by atoms with Gasteiger partial charge in [-0.15, -0.1) is 0 Å². The van der Waals surface area contributed by atoms with Crippen LogP contribution in [0.15, 0.2) is 30.5 Å². The van der Waals surface area contributed by atoms with E-state index in [1.807, 2.05) is 4.90 Å². The fraction of sp³-hybridized carbons (Fsp3) is 0.333. The smallest absolute Gasteiger partial charge is 0.320 e. The fourth-order valence-electron chi connectivity index (χ4n) is 2.84. The molecule has 1 fully saturated rings. The summed E-state index contributed by atoms with van der Waals surface area (Å²) in [7, 11) is 0. The van der Waals surface area contributed by atoms with Crippen molar-refractivity contribution in [1.82, 2.24) is 9.88 Å². The van der Waals surface area contributed by atoms with Gasteiger partial charge in [-0.1, -0.05) is 6.07 Å². The predicted octanol–water partition coefficient (Wildman–Crippen LogP) is 2.42. The lowest BCUT2D eigenvalue weighted by Gasteiger charge is -2.21. The summed E-state index contributed by atoms with van der Waals surface area (Å²) in [6.45, 7) is 1.24. The largest absolute Gasteiger partial charge is 0.480 e. The number of aromatic nitrogens is 1. The van der Waals surface area contributed by atoms with E-state index in [1.165, 1.54) is 6.07 Å². The lowest BCUT2D eigenvalue weighted by atomic mass is 10.1. The molecule has 20 heavy (non-hydrogen) atoms. The third-order valence-electron chi connectivity index (χ3n) is 3.82. The summed E-state index contributed by atoms with van der Waals surface area (Å²) in [5, 5.41) is 9.68. The van der Waals surface area contributed by atoms with Crippen LogP contribution in [0.5, 0.6) is 0 Å². The van der Waals surface area contributed by atoms with Gasteiger partial charge in [0.2, 0.25) is 0 Å². The maximum atomic E-state index is 13.7. The Balaban J connectivity index is 1.95. The van der Waals surface area contributed by atoms with E-state index in [0.717, 1.165) is 18.5 Å². The van der Waals surface area contributed by atoms with Gasteiger partial charge < -0.3 is 5.11 Å². The molecule has 1 aromatic carbocycles. The summed E-state index contributed by atoms with van der Waals surface area (Å²) in [5.74, 6) is -1.09. The van der Waals surface area contributed by atoms with Crippen LogP contribution in [0.3, 0.4) is 0 Å². The Kier molecular flexibility index (Phi) is 3.36. The number of carboxylic acid groups (broad SMARTS) is 1. The van der Waals surface area contributed by atoms with Crippen LogP contribution in [0.1, 0.15) is 18.4 Å². The van der Waals surface area contributed by atoms with Gasteiger partial charge in [-0.2, -0.15) is 0 Å². The van der Waals surface area contributed by atoms with Gasteiger partial charge in [-0.3, -0.25) is 14.7 Å². The summed E-state index contributed by atoms with van der Waals surface area (Å²) >= 11 is 0. The van der Waals surface area contributed by atoms with Crippen molar-refractivity contribution in [2.75, 3.05) is 6.54 Å². The fourth-order valence-corrected chi connectivity index (χ4v) is 2.84. The number of aliphatic carboxylic acids is 1. The first-order chi connectivity index (χ1) is 9.66. The van der Waals surface area contributed by atoms with Gasteiger partial charge in [-0.05, 0) is 43.1 Å². The van der Waals surface area contributed by atoms with Crippen LogP contribution in [-0.4, -0.2) is 33.5 Å². The minimum absolute atomic E-state index is 0.298. The van der Waals surface area contributed by atoms with Crippen molar-refractivity contribution < 1.29 is 14.3 Å². The maximum absolute atomic E-state index is 13.7. The summed E-state index contributed by atoms with van der Waals surface area (Å²) < 4.78 is 13.7. The average molecular weight is 274 g/mol. The molecule has 1 atom stereocenters. The van der Waals surface area contributed by atoms with E-state index >= 15 is 0 Å². The topological polar surface area (TPSA) is 53.4 Å². The summed E-state index contributed by atoms with van der Waals surface area (Å²) in [6.07, 6.45) is 3.18. The molecule has 1 unspecified atom stereocenters. The van der Waals surface area contributed by atoms with Crippen LogP contribution in [0, 0.1) is 5.82 Å². The zero-order valence-corrected chi connectivity index (χ0v) is 10.9. The standard InChI is InChI=1S/C15H15FN2O2/c16-12-6-5-10(14-11(12)3-1-7-17-14)9-18-8-2-4-13(18)15(19)20/h1,3,5-7,13H,2,4,8-9H2,(H,19,20). The number of hydrogen-bond acceptors (Lipinski definition) is 3. The van der Waals surface area contributed by atoms with Gasteiger partial charge >= 0.3 is 5.97 Å². The molecule has 104 valence electrons. The summed E-state index contributed by atoms with van der Waals surface area (Å²) in [4.78, 5) is 17.4. The minimum Gasteiger partial charge on any atom is -0.480 e. The van der Waals surface area contributed by atoms with E-state index in [9.17, 15) is 14.3 Å². The second-order valence-corrected chi connectivity index (χ2v) is 5.07. The third-order valence-corrected chi connectivity index (χ3v) is 3.82. The van der Waals surface area contributed by atoms with Crippen LogP contribution >= 0.6 is 0 Å². The van der Waals surface area contributed by atoms with Gasteiger partial charge in [0.1, 0.15) is 11.9 Å². The van der Waals surface area contributed by atoms with Crippen molar-refractivity contribution in [3.8, 4) is 0 Å². The first kappa shape index (κ1) is 13.0. The Hall–Kier alpha value is -2.01. The molecular weight excluding hydrogens is 259 g/mol. The number of carboxylic acids is 1. The second kappa shape index (κ2) is 5.17. The number of rotatable bonds is 3. The van der Waals surface area contributed by atoms with E-state index in [0.29, 0.717) is 23.9 Å². The molecule has 0 spiro atoms. The predicted molar refractivity (Wildman–Crippen MR) is 72.8 cm³/mol. The Morgan fingerprint density at radius 3 is 3.10 bits per heavy atom. The molecule has 1 saturated heterocycles. The molecule has 1 aliphatic heterocycles. The molecule has 0 radical (unpaired) electrons. The molecule has 0 saturated carbocycles. The Morgan fingerprint density at radius 1 is 1.45 bits per heavy atom. The maximum Gasteiger partial charge on any atom is 0.320 e. The molecule has 1 N–H and O–H groups in total. The number of carbonyl (C=O) groups is 1. The number of benzene rings is 1. The first-order valence-electron chi connectivity index (χ1n) is 6.66. The molecule has 0 amide bonds. The summed E-state index contributed by atoms with van der Waals surface area (Å²) in [6, 6.07) is 6.07. The third kappa shape index (κ3) is 2.25. The molecule has 2 aromatic rings. The highest BCUT2D eigenvalue weighted by Crippen LogP contribution is 2.25. The van der Waals surface area contributed by atoms with Crippen LogP contribution in [0.2, 0.25) is 0 Å². The number of pyridine rings is 1. The van der Waals surface area contributed by atoms with Gasteiger partial charge in [0.15, 0.2) is 0 Å². The van der Waals surface area contributed by atoms with Crippen molar-refractivity contribution in [3.63, 3.8) is 0 Å². The highest BCUT2D eigenvalue weighted by molar-refractivity contribution is 5.82. The van der Waals surface area contributed by atoms with Crippen molar-refractivity contribution in [2.45, 2.75) is 25.4 Å². The Morgan fingerprint density at radius 2 is 2.30 bits per heavy atom. The monoisotopic (exact) mass is 274 g/mol. The molecule has 4 nitrogen and oxygen atoms in total. The highest BCUT2D eigenvalue weighted by atomic mass is 19.1. The van der Waals surface area contributed by atoms with Crippen LogP contribution < -0.4 is 0 Å². The highest BCUT2D eigenvalue weighted by Gasteiger charge is 2.30. The van der Waals surface area contributed by atoms with Crippen molar-refractivity contribution in [2.24, 2.45) is 0 Å². The molecule has 0 bridgehead atoms. The van der Waals surface area contributed by atoms with Crippen LogP contribution in [0.4, 0.5) is 4.39 Å². The Bertz CT molecular complexity index is 659. The number of halogens is 1. The van der Waals surface area contributed by atoms with Gasteiger partial charge in [0.05, 0.1) is 5.52 Å². The molecular formula is C15H15FN2O2. The summed E-state index contributed by atoms with van der Waals surface area (Å²) in [5.41, 5.74) is 1.48. The molecule has 3 rings (SSSR count). The molecule has 0 aliphatic carbocycles. The number of nitrogens with zero attached hydrogens (tertiary/aromatic N) is 2. The SMILES string of the molecule is O=C(O)C1CCCN1Cc1ccc(F)c2cccnc12. The van der Waals surface area contributed by atoms with Crippen LogP contribution in [-0.2, 0) is 11.3 Å². The Labute approximate surface area is 115 Å². The average Bonchev–Trinajstić information content (AvgIpc) is 2.91. The van der Waals surface area contributed by atoms with E-state index in [4.69, 9.17) is 0 Å². The number of hydrogen-bond donors (Lipinski definition) is 1. The lowest BCUT2D eigenvalue weighted by molar-refractivity contribution is -0.142. The molecule has 5 heteroatoms. The van der Waals surface area contributed by atoms with Crippen molar-refractivity contribution in [3.05, 3.63) is 41.8 Å². The second-order valence-electron chi connectivity index (χ2n) is 5.07. The zero-order chi connectivity index (χ0) is 14.1. The number of fused-ring (bicyclic) bond motifs is 1. The molecule has 1 aromatic heterocycles. The van der Waals surface area contributed by atoms with Gasteiger partial charge in [0, 0.05) is 18.1 Å². The van der Waals surface area contributed by atoms with Crippen LogP contribution in [0.25, 0.3) is 10.9 Å². The quantitative estimate of drug-likeness (QED) is 0.934. The van der Waals surface area contributed by atoms with E-state index in [2.05, 4.69) is 4.98 Å².